The Balaban J connectivity index is 0.000000148. The average Bonchev–Trinajstić information content (AvgIpc) is 1.62. The lowest BCUT2D eigenvalue weighted by Gasteiger charge is -2.18. The molecule has 0 radical (unpaired) electrons. The molecule has 1 aliphatic heterocycles. The van der Waals surface area contributed by atoms with Crippen LogP contribution in [-0.4, -0.2) is 111 Å². The van der Waals surface area contributed by atoms with Gasteiger partial charge in [0.05, 0.1) is 29.2 Å². The van der Waals surface area contributed by atoms with Gasteiger partial charge < -0.3 is 30.7 Å². The molecule has 0 unspecified atom stereocenters. The molecule has 126 heavy (non-hydrogen) atoms. The molecule has 0 saturated carbocycles. The first-order chi connectivity index (χ1) is 59.2. The molecule has 0 saturated heterocycles. The number of hydrogen-bond donors (Lipinski definition) is 8. The minimum absolute atomic E-state index is 0.0607. The highest BCUT2D eigenvalue weighted by atomic mass is 19.4. The normalized spacial score (nSPS) is 12.2. The van der Waals surface area contributed by atoms with E-state index in [0.29, 0.717) is 46.9 Å². The lowest BCUT2D eigenvalue weighted by molar-refractivity contribution is -0.136. The van der Waals surface area contributed by atoms with Crippen molar-refractivity contribution in [3.8, 4) is 6.07 Å². The van der Waals surface area contributed by atoms with Gasteiger partial charge in [-0.3, -0.25) is 15.2 Å². The van der Waals surface area contributed by atoms with Gasteiger partial charge in [0.25, 0.3) is 0 Å². The zero-order valence-corrected chi connectivity index (χ0v) is 78.2. The van der Waals surface area contributed by atoms with Crippen LogP contribution < -0.4 is 5.73 Å². The van der Waals surface area contributed by atoms with Gasteiger partial charge in [0.2, 0.25) is 0 Å². The molecule has 18 heterocycles. The molecule has 17 aromatic heterocycles. The number of aromatic nitrogens is 21. The number of halogens is 3. The SMILES string of the molecule is CC(C)(C)c1cnc2[nH]cc(C#N)c2c1.CC(C)(C)c1cnc2[nH]cc(C(F)(F)F)c2c1.CC(C)c1c[nH]c2ncc(C(C)(C)C)cc12.CC(C)c1cnc(N)c2c1CC=N2.CC(C)c1cnc2ccnn2c1.CC(C)c1cnc2nc[nH]c2c1.CCc1[nH]nc2ncc(C(C)C)cc12.Cc1[nH]nc2ncc(C(C)C)cc12.Cc1c[nH]c2ncc(C(C)(C)C)cc12. The van der Waals surface area contributed by atoms with Crippen LogP contribution in [0.1, 0.15) is 298 Å². The molecule has 0 aliphatic carbocycles. The van der Waals surface area contributed by atoms with Crippen LogP contribution in [0.25, 0.3) is 83.0 Å². The van der Waals surface area contributed by atoms with Gasteiger partial charge in [-0.15, -0.1) is 0 Å². The minimum atomic E-state index is -4.35. The number of aliphatic imine (C=N–C) groups is 1. The van der Waals surface area contributed by atoms with E-state index in [9.17, 15) is 13.2 Å². The number of nitrogens with two attached hydrogens (primary N) is 1. The Kier molecular flexibility index (Phi) is 30.3. The maximum atomic E-state index is 12.7. The van der Waals surface area contributed by atoms with Gasteiger partial charge in [-0.05, 0) is 187 Å². The first kappa shape index (κ1) is 95.4. The highest BCUT2D eigenvalue weighted by Crippen LogP contribution is 2.38. The second kappa shape index (κ2) is 40.0. The van der Waals surface area contributed by atoms with E-state index < -0.39 is 11.7 Å². The number of H-pyrrole nitrogens is 7. The standard InChI is InChI=1S/C14H20N2.C12H13F3N2.C12H13N3.C12H16N2.C11H15N3.2C10H13N3.2C9H11N3/c1-9(2)12-8-16-13-11(12)6-10(7-15-13)14(3,4)5;1-11(2,3)7-4-8-9(12(13,14)15)6-17-10(8)16-5-7;1-12(2,3)9-4-10-8(5-13)6-14-11(10)15-7-9;1-8-6-13-11-10(8)5-9(7-14-11)12(2,3)4;1-4-10-9-5-8(7(2)3)6-12-11(9)14-13-10;1-6(2)8-4-9-7(3)12-13-10(9)11-5-8;1-6(2)8-5-13-10(11)9-7(8)3-4-12-9;1-6(2)7-3-8-9(10-4-7)12-5-11-8;1-7(2)8-5-10-9-3-4-11-12(9)6-8/h6-9H,1-5H3,(H,15,16);4-6H,1-3H3,(H,16,17);4,6-7H,1-3H3,(H,14,15);5-7H,1-4H3,(H,13,14);5-7H,4H2,1-3H3,(H,12,13,14);4-6H,1-3H3,(H,11,12,13);4-6H,3H2,1-2H3,(H2,11,13);3-6H,1-2H3,(H,10,11,12);3-7H,1-2H3. The maximum Gasteiger partial charge on any atom is 0.418 e. The van der Waals surface area contributed by atoms with Crippen LogP contribution in [0.15, 0.2) is 153 Å². The number of alkyl halides is 3. The first-order valence-corrected chi connectivity index (χ1v) is 43.1. The van der Waals surface area contributed by atoms with Gasteiger partial charge in [0.1, 0.15) is 40.2 Å². The number of imidazole rings is 1. The molecule has 1 aliphatic rings. The molecular weight excluding hydrogens is 1580 g/mol. The van der Waals surface area contributed by atoms with Crippen LogP contribution in [-0.2, 0) is 40.7 Å². The number of pyridine rings is 8. The van der Waals surface area contributed by atoms with E-state index in [-0.39, 0.29) is 32.7 Å². The first-order valence-electron chi connectivity index (χ1n) is 43.1. The van der Waals surface area contributed by atoms with Crippen molar-refractivity contribution < 1.29 is 13.2 Å². The summed E-state index contributed by atoms with van der Waals surface area (Å²) in [6.45, 7) is 57.8. The molecule has 9 N–H and O–H groups in total. The summed E-state index contributed by atoms with van der Waals surface area (Å²) in [6, 6.07) is 18.6. The summed E-state index contributed by atoms with van der Waals surface area (Å²) >= 11 is 0. The predicted molar refractivity (Wildman–Crippen MR) is 507 cm³/mol. The van der Waals surface area contributed by atoms with Crippen LogP contribution >= 0.6 is 0 Å². The largest absolute Gasteiger partial charge is 0.418 e. The van der Waals surface area contributed by atoms with Crippen molar-refractivity contribution in [3.63, 3.8) is 0 Å². The van der Waals surface area contributed by atoms with Gasteiger partial charge in [-0.25, -0.2) is 54.4 Å². The molecule has 0 aromatic carbocycles. The second-order valence-electron chi connectivity index (χ2n) is 37.8. The zero-order chi connectivity index (χ0) is 92.2. The number of nitrogen functional groups attached to an aromatic ring is 1. The van der Waals surface area contributed by atoms with Crippen molar-refractivity contribution in [2.75, 3.05) is 5.73 Å². The van der Waals surface area contributed by atoms with E-state index in [1.54, 1.807) is 35.5 Å². The van der Waals surface area contributed by atoms with E-state index in [1.165, 1.54) is 77.5 Å². The molecule has 0 amide bonds. The van der Waals surface area contributed by atoms with Crippen LogP contribution in [0.4, 0.5) is 24.7 Å². The molecule has 0 bridgehead atoms. The van der Waals surface area contributed by atoms with E-state index in [0.717, 1.165) is 97.4 Å². The summed E-state index contributed by atoms with van der Waals surface area (Å²) in [4.78, 5) is 61.7. The van der Waals surface area contributed by atoms with Crippen molar-refractivity contribution in [3.05, 3.63) is 237 Å². The Morgan fingerprint density at radius 1 is 0.460 bits per heavy atom. The predicted octanol–water partition coefficient (Wildman–Crippen LogP) is 24.8. The molecule has 17 aromatic rings. The molecule has 0 fully saturated rings. The van der Waals surface area contributed by atoms with Crippen LogP contribution in [0.2, 0.25) is 0 Å². The lowest BCUT2D eigenvalue weighted by atomic mass is 9.87. The third kappa shape index (κ3) is 23.8. The summed E-state index contributed by atoms with van der Waals surface area (Å²) in [6.07, 6.45) is 28.5. The monoisotopic (exact) mass is 1710 g/mol. The van der Waals surface area contributed by atoms with E-state index in [1.807, 2.05) is 108 Å². The number of aryl methyl sites for hydroxylation is 3. The number of aromatic amines is 7. The number of rotatable bonds is 7. The smallest absolute Gasteiger partial charge is 0.382 e. The number of anilines is 1. The number of nitrogens with zero attached hydrogens (tertiary/aromatic N) is 16. The molecule has 18 rings (SSSR count). The Hall–Kier alpha value is -12.9. The van der Waals surface area contributed by atoms with Crippen LogP contribution in [0.5, 0.6) is 0 Å². The van der Waals surface area contributed by atoms with Crippen LogP contribution in [0.3, 0.4) is 0 Å². The summed E-state index contributed by atoms with van der Waals surface area (Å²) in [5.74, 6) is 3.64. The van der Waals surface area contributed by atoms with Gasteiger partial charge >= 0.3 is 6.18 Å². The molecule has 27 heteroatoms. The molecular formula is C99H125F3N24. The van der Waals surface area contributed by atoms with Crippen molar-refractivity contribution in [2.24, 2.45) is 4.99 Å². The van der Waals surface area contributed by atoms with Crippen molar-refractivity contribution in [1.82, 2.24) is 105 Å². The van der Waals surface area contributed by atoms with E-state index >= 15 is 0 Å². The third-order valence-corrected chi connectivity index (χ3v) is 21.9. The topological polar surface area (TPSA) is 345 Å². The fourth-order valence-electron chi connectivity index (χ4n) is 13.5. The number of hydrogen-bond acceptors (Lipinski definition) is 16. The quantitative estimate of drug-likeness (QED) is 0.0735. The fourth-order valence-corrected chi connectivity index (χ4v) is 13.5. The maximum absolute atomic E-state index is 12.7. The summed E-state index contributed by atoms with van der Waals surface area (Å²) in [7, 11) is 0. The second-order valence-corrected chi connectivity index (χ2v) is 37.8. The number of fused-ring (bicyclic) bond motifs is 9. The van der Waals surface area contributed by atoms with Crippen molar-refractivity contribution in [2.45, 2.75) is 263 Å². The molecule has 24 nitrogen and oxygen atoms in total. The molecule has 0 spiro atoms. The zero-order valence-electron chi connectivity index (χ0n) is 78.2. The highest BCUT2D eigenvalue weighted by molar-refractivity contribution is 5.86. The van der Waals surface area contributed by atoms with Crippen molar-refractivity contribution >= 4 is 101 Å². The summed E-state index contributed by atoms with van der Waals surface area (Å²) in [5, 5.41) is 33.1. The Bertz CT molecular complexity index is 6490. The highest BCUT2D eigenvalue weighted by Gasteiger charge is 2.34. The summed E-state index contributed by atoms with van der Waals surface area (Å²) < 4.78 is 40.0. The molecule has 0 atom stereocenters. The van der Waals surface area contributed by atoms with Gasteiger partial charge in [-0.1, -0.05) is 173 Å². The van der Waals surface area contributed by atoms with Crippen molar-refractivity contribution in [1.29, 1.82) is 5.26 Å². The lowest BCUT2D eigenvalue weighted by Crippen LogP contribution is -2.11. The minimum Gasteiger partial charge on any atom is -0.382 e. The Morgan fingerprint density at radius 3 is 1.47 bits per heavy atom. The fraction of sp³-hybridized carbons (Fsp3) is 0.404. The van der Waals surface area contributed by atoms with E-state index in [4.69, 9.17) is 11.0 Å². The third-order valence-electron chi connectivity index (χ3n) is 21.9. The Labute approximate surface area is 736 Å². The summed E-state index contributed by atoms with van der Waals surface area (Å²) in [5.41, 5.74) is 31.0. The number of nitriles is 1. The average molecular weight is 1710 g/mol. The number of nitrogens with one attached hydrogen (secondary N) is 7. The Morgan fingerprint density at radius 2 is 0.929 bits per heavy atom. The van der Waals surface area contributed by atoms with E-state index in [2.05, 4.69) is 307 Å². The van der Waals surface area contributed by atoms with Gasteiger partial charge in [-0.2, -0.15) is 33.7 Å². The van der Waals surface area contributed by atoms with Gasteiger partial charge in [0, 0.05) is 149 Å². The molecule has 662 valence electrons. The van der Waals surface area contributed by atoms with Crippen LogP contribution in [0, 0.1) is 25.2 Å². The van der Waals surface area contributed by atoms with Gasteiger partial charge in [0.15, 0.2) is 22.6 Å².